The number of methoxy groups -OCH3 is 2. The van der Waals surface area contributed by atoms with Crippen LogP contribution < -0.4 is 14.2 Å². The van der Waals surface area contributed by atoms with E-state index in [1.54, 1.807) is 14.2 Å². The third-order valence-corrected chi connectivity index (χ3v) is 5.06. The first-order valence-electron chi connectivity index (χ1n) is 9.35. The Morgan fingerprint density at radius 2 is 2.00 bits per heavy atom. The largest absolute Gasteiger partial charge is 0.493 e. The fourth-order valence-corrected chi connectivity index (χ4v) is 3.55. The molecule has 0 aliphatic carbocycles. The number of aromatic nitrogens is 2. The molecule has 4 rings (SSSR count). The van der Waals surface area contributed by atoms with Gasteiger partial charge in [-0.2, -0.15) is 0 Å². The molecule has 0 unspecified atom stereocenters. The van der Waals surface area contributed by atoms with Crippen molar-refractivity contribution in [3.8, 4) is 28.6 Å². The highest BCUT2D eigenvalue weighted by atomic mass is 16.5. The summed E-state index contributed by atoms with van der Waals surface area (Å²) in [6, 6.07) is 14.1. The second kappa shape index (κ2) is 7.94. The zero-order valence-electron chi connectivity index (χ0n) is 16.5. The van der Waals surface area contributed by atoms with Crippen molar-refractivity contribution in [3.63, 3.8) is 0 Å². The third-order valence-electron chi connectivity index (χ3n) is 5.06. The van der Waals surface area contributed by atoms with Gasteiger partial charge in [-0.3, -0.25) is 4.90 Å². The quantitative estimate of drug-likeness (QED) is 0.679. The molecule has 1 aliphatic heterocycles. The number of ether oxygens (including phenoxy) is 3. The lowest BCUT2D eigenvalue weighted by Crippen LogP contribution is -2.26. The number of benzene rings is 1. The highest BCUT2D eigenvalue weighted by Crippen LogP contribution is 2.38. The number of hydrogen-bond acceptors (Lipinski definition) is 5. The molecule has 0 bridgehead atoms. The summed E-state index contributed by atoms with van der Waals surface area (Å²) in [7, 11) is 5.38. The van der Waals surface area contributed by atoms with Crippen LogP contribution in [-0.2, 0) is 20.1 Å². The molecule has 0 N–H and O–H groups in total. The van der Waals surface area contributed by atoms with Crippen molar-refractivity contribution < 1.29 is 14.2 Å². The SMILES string of the molecule is COc1cccc(-c2cc3c(c(OC)c2)OCCN(Cc2cccn2C)C3)n1. The number of fused-ring (bicyclic) bond motifs is 1. The summed E-state index contributed by atoms with van der Waals surface area (Å²) < 4.78 is 19.1. The molecule has 6 heteroatoms. The molecule has 2 aromatic heterocycles. The van der Waals surface area contributed by atoms with Gasteiger partial charge in [0.25, 0.3) is 0 Å². The number of hydrogen-bond donors (Lipinski definition) is 0. The van der Waals surface area contributed by atoms with Gasteiger partial charge in [-0.1, -0.05) is 6.07 Å². The van der Waals surface area contributed by atoms with Crippen molar-refractivity contribution in [2.75, 3.05) is 27.4 Å². The summed E-state index contributed by atoms with van der Waals surface area (Å²) in [5.74, 6) is 2.15. The van der Waals surface area contributed by atoms with Gasteiger partial charge >= 0.3 is 0 Å². The smallest absolute Gasteiger partial charge is 0.213 e. The summed E-state index contributed by atoms with van der Waals surface area (Å²) in [6.07, 6.45) is 2.08. The second-order valence-corrected chi connectivity index (χ2v) is 6.90. The van der Waals surface area contributed by atoms with Crippen LogP contribution in [0.1, 0.15) is 11.3 Å². The molecule has 3 heterocycles. The Balaban J connectivity index is 1.69. The van der Waals surface area contributed by atoms with Crippen molar-refractivity contribution in [2.24, 2.45) is 7.05 Å². The van der Waals surface area contributed by atoms with Crippen LogP contribution in [0, 0.1) is 0 Å². The van der Waals surface area contributed by atoms with Crippen molar-refractivity contribution in [2.45, 2.75) is 13.1 Å². The second-order valence-electron chi connectivity index (χ2n) is 6.90. The highest BCUT2D eigenvalue weighted by molar-refractivity contribution is 5.67. The number of aryl methyl sites for hydroxylation is 1. The number of nitrogens with zero attached hydrogens (tertiary/aromatic N) is 3. The first-order chi connectivity index (χ1) is 13.7. The minimum Gasteiger partial charge on any atom is -0.493 e. The lowest BCUT2D eigenvalue weighted by Gasteiger charge is -2.20. The van der Waals surface area contributed by atoms with Crippen LogP contribution in [0.2, 0.25) is 0 Å². The van der Waals surface area contributed by atoms with Crippen molar-refractivity contribution in [1.82, 2.24) is 14.5 Å². The van der Waals surface area contributed by atoms with E-state index in [1.165, 1.54) is 5.69 Å². The predicted octanol–water partition coefficient (Wildman–Crippen LogP) is 3.50. The van der Waals surface area contributed by atoms with E-state index in [1.807, 2.05) is 24.3 Å². The molecule has 0 atom stereocenters. The first kappa shape index (κ1) is 18.4. The molecular formula is C22H25N3O3. The Hall–Kier alpha value is -2.99. The van der Waals surface area contributed by atoms with Gasteiger partial charge in [0.15, 0.2) is 11.5 Å². The van der Waals surface area contributed by atoms with Crippen LogP contribution in [0.15, 0.2) is 48.7 Å². The first-order valence-corrected chi connectivity index (χ1v) is 9.35. The van der Waals surface area contributed by atoms with E-state index < -0.39 is 0 Å². The normalized spacial score (nSPS) is 14.1. The van der Waals surface area contributed by atoms with Gasteiger partial charge in [-0.15, -0.1) is 0 Å². The molecule has 28 heavy (non-hydrogen) atoms. The summed E-state index contributed by atoms with van der Waals surface area (Å²) in [5, 5.41) is 0. The van der Waals surface area contributed by atoms with Gasteiger partial charge in [-0.25, -0.2) is 4.98 Å². The lowest BCUT2D eigenvalue weighted by atomic mass is 10.0. The van der Waals surface area contributed by atoms with E-state index in [4.69, 9.17) is 14.2 Å². The molecule has 0 saturated heterocycles. The molecular weight excluding hydrogens is 354 g/mol. The fraction of sp³-hybridized carbons (Fsp3) is 0.318. The van der Waals surface area contributed by atoms with E-state index >= 15 is 0 Å². The molecule has 0 saturated carbocycles. The van der Waals surface area contributed by atoms with E-state index in [2.05, 4.69) is 45.9 Å². The number of rotatable bonds is 5. The van der Waals surface area contributed by atoms with Gasteiger partial charge in [-0.05, 0) is 30.3 Å². The zero-order chi connectivity index (χ0) is 19.5. The average molecular weight is 379 g/mol. The summed E-state index contributed by atoms with van der Waals surface area (Å²) in [5.41, 5.74) is 4.21. The minimum atomic E-state index is 0.591. The van der Waals surface area contributed by atoms with Crippen LogP contribution in [0.3, 0.4) is 0 Å². The maximum atomic E-state index is 6.07. The van der Waals surface area contributed by atoms with Crippen LogP contribution >= 0.6 is 0 Å². The molecule has 146 valence electrons. The van der Waals surface area contributed by atoms with Gasteiger partial charge in [0.1, 0.15) is 6.61 Å². The predicted molar refractivity (Wildman–Crippen MR) is 108 cm³/mol. The Bertz CT molecular complexity index is 967. The zero-order valence-corrected chi connectivity index (χ0v) is 16.5. The molecule has 0 radical (unpaired) electrons. The van der Waals surface area contributed by atoms with Crippen LogP contribution in [-0.4, -0.2) is 41.8 Å². The van der Waals surface area contributed by atoms with E-state index in [9.17, 15) is 0 Å². The monoisotopic (exact) mass is 379 g/mol. The van der Waals surface area contributed by atoms with Gasteiger partial charge in [0.05, 0.1) is 19.9 Å². The lowest BCUT2D eigenvalue weighted by molar-refractivity contribution is 0.213. The summed E-state index contributed by atoms with van der Waals surface area (Å²) >= 11 is 0. The van der Waals surface area contributed by atoms with E-state index in [-0.39, 0.29) is 0 Å². The molecule has 0 spiro atoms. The molecule has 0 amide bonds. The van der Waals surface area contributed by atoms with Crippen molar-refractivity contribution in [3.05, 3.63) is 59.9 Å². The van der Waals surface area contributed by atoms with Crippen molar-refractivity contribution >= 4 is 0 Å². The van der Waals surface area contributed by atoms with Crippen LogP contribution in [0.4, 0.5) is 0 Å². The van der Waals surface area contributed by atoms with Crippen LogP contribution in [0.5, 0.6) is 17.4 Å². The third kappa shape index (κ3) is 3.68. The maximum absolute atomic E-state index is 6.07. The van der Waals surface area contributed by atoms with E-state index in [0.29, 0.717) is 12.5 Å². The van der Waals surface area contributed by atoms with E-state index in [0.717, 1.165) is 48.0 Å². The highest BCUT2D eigenvalue weighted by Gasteiger charge is 2.21. The maximum Gasteiger partial charge on any atom is 0.213 e. The molecule has 1 aliphatic rings. The summed E-state index contributed by atoms with van der Waals surface area (Å²) in [6.45, 7) is 3.14. The Labute approximate surface area is 165 Å². The van der Waals surface area contributed by atoms with Crippen LogP contribution in [0.25, 0.3) is 11.3 Å². The molecule has 0 fully saturated rings. The fourth-order valence-electron chi connectivity index (χ4n) is 3.55. The van der Waals surface area contributed by atoms with Crippen molar-refractivity contribution in [1.29, 1.82) is 0 Å². The Kier molecular flexibility index (Phi) is 5.21. The van der Waals surface area contributed by atoms with Gasteiger partial charge < -0.3 is 18.8 Å². The van der Waals surface area contributed by atoms with Gasteiger partial charge in [0.2, 0.25) is 5.88 Å². The minimum absolute atomic E-state index is 0.591. The molecule has 1 aromatic carbocycles. The Morgan fingerprint density at radius 3 is 2.75 bits per heavy atom. The molecule has 3 aromatic rings. The topological polar surface area (TPSA) is 48.8 Å². The standard InChI is InChI=1S/C22H25N3O3/c1-24-9-5-6-18(24)15-25-10-11-28-22-17(14-25)12-16(13-20(22)26-2)19-7-4-8-21(23-19)27-3/h4-9,12-13H,10-11,14-15H2,1-3H3. The Morgan fingerprint density at radius 1 is 1.11 bits per heavy atom. The molecule has 6 nitrogen and oxygen atoms in total. The van der Waals surface area contributed by atoms with Gasteiger partial charge in [0, 0.05) is 55.8 Å². The number of pyridine rings is 1. The average Bonchev–Trinajstić information content (AvgIpc) is 3.00. The summed E-state index contributed by atoms with van der Waals surface area (Å²) in [4.78, 5) is 6.96.